The van der Waals surface area contributed by atoms with Crippen LogP contribution in [0.15, 0.2) is 47.4 Å². The standard InChI is InChI=1S/C15H12F5NO2S/c16-12-2-1-3-13(17)14(12)24(22,23)21-9-8-10-4-6-11(7-5-10)15(18,19)20/h1-7,21H,8-9H2. The molecule has 130 valence electrons. The van der Waals surface area contributed by atoms with Gasteiger partial charge in [-0.25, -0.2) is 21.9 Å². The molecule has 0 radical (unpaired) electrons. The summed E-state index contributed by atoms with van der Waals surface area (Å²) >= 11 is 0. The number of hydrogen-bond donors (Lipinski definition) is 1. The van der Waals surface area contributed by atoms with Crippen LogP contribution < -0.4 is 4.72 Å². The SMILES string of the molecule is O=S(=O)(NCCc1ccc(C(F)(F)F)cc1)c1c(F)cccc1F. The maximum atomic E-state index is 13.5. The predicted octanol–water partition coefficient (Wildman–Crippen LogP) is 3.50. The van der Waals surface area contributed by atoms with Crippen molar-refractivity contribution < 1.29 is 30.4 Å². The average Bonchev–Trinajstić information content (AvgIpc) is 2.46. The Kier molecular flexibility index (Phi) is 5.24. The Labute approximate surface area is 135 Å². The number of rotatable bonds is 5. The fourth-order valence-electron chi connectivity index (χ4n) is 2.00. The van der Waals surface area contributed by atoms with E-state index in [1.807, 2.05) is 4.72 Å². The highest BCUT2D eigenvalue weighted by Crippen LogP contribution is 2.29. The van der Waals surface area contributed by atoms with Crippen molar-refractivity contribution in [2.45, 2.75) is 17.5 Å². The van der Waals surface area contributed by atoms with Crippen LogP contribution in [0.2, 0.25) is 0 Å². The molecule has 0 heterocycles. The van der Waals surface area contributed by atoms with E-state index in [0.29, 0.717) is 5.56 Å². The van der Waals surface area contributed by atoms with E-state index in [0.717, 1.165) is 30.3 Å². The maximum Gasteiger partial charge on any atom is 0.416 e. The number of alkyl halides is 3. The van der Waals surface area contributed by atoms with Crippen LogP contribution in [0, 0.1) is 11.6 Å². The first kappa shape index (κ1) is 18.3. The lowest BCUT2D eigenvalue weighted by atomic mass is 10.1. The Morgan fingerprint density at radius 1 is 0.917 bits per heavy atom. The summed E-state index contributed by atoms with van der Waals surface area (Å²) in [6, 6.07) is 6.83. The smallest absolute Gasteiger partial charge is 0.211 e. The van der Waals surface area contributed by atoms with Crippen molar-refractivity contribution in [1.82, 2.24) is 4.72 Å². The topological polar surface area (TPSA) is 46.2 Å². The van der Waals surface area contributed by atoms with Gasteiger partial charge in [0.15, 0.2) is 4.90 Å². The Hall–Kier alpha value is -2.00. The molecule has 0 aliphatic carbocycles. The monoisotopic (exact) mass is 365 g/mol. The number of nitrogens with one attached hydrogen (secondary N) is 1. The molecule has 0 unspecified atom stereocenters. The highest BCUT2D eigenvalue weighted by Gasteiger charge is 2.30. The first-order valence-corrected chi connectivity index (χ1v) is 8.19. The average molecular weight is 365 g/mol. The van der Waals surface area contributed by atoms with Crippen LogP contribution in [-0.2, 0) is 22.6 Å². The van der Waals surface area contributed by atoms with E-state index >= 15 is 0 Å². The van der Waals surface area contributed by atoms with Crippen molar-refractivity contribution in [3.63, 3.8) is 0 Å². The van der Waals surface area contributed by atoms with Gasteiger partial charge in [-0.1, -0.05) is 18.2 Å². The third-order valence-corrected chi connectivity index (χ3v) is 4.69. The molecule has 1 N–H and O–H groups in total. The zero-order chi connectivity index (χ0) is 18.0. The molecule has 0 atom stereocenters. The second kappa shape index (κ2) is 6.86. The summed E-state index contributed by atoms with van der Waals surface area (Å²) in [5.41, 5.74) is -0.375. The van der Waals surface area contributed by atoms with Gasteiger partial charge in [0.1, 0.15) is 11.6 Å². The van der Waals surface area contributed by atoms with E-state index in [4.69, 9.17) is 0 Å². The molecule has 0 bridgehead atoms. The molecule has 9 heteroatoms. The van der Waals surface area contributed by atoms with E-state index in [1.165, 1.54) is 12.1 Å². The highest BCUT2D eigenvalue weighted by atomic mass is 32.2. The number of hydrogen-bond acceptors (Lipinski definition) is 2. The minimum absolute atomic E-state index is 0.0629. The molecule has 0 aromatic heterocycles. The van der Waals surface area contributed by atoms with Gasteiger partial charge < -0.3 is 0 Å². The van der Waals surface area contributed by atoms with Crippen molar-refractivity contribution in [3.8, 4) is 0 Å². The molecule has 0 fully saturated rings. The minimum Gasteiger partial charge on any atom is -0.211 e. The summed E-state index contributed by atoms with van der Waals surface area (Å²) in [7, 11) is -4.40. The quantitative estimate of drug-likeness (QED) is 0.825. The molecule has 0 spiro atoms. The van der Waals surface area contributed by atoms with E-state index in [2.05, 4.69) is 0 Å². The molecule has 0 saturated carbocycles. The number of sulfonamides is 1. The highest BCUT2D eigenvalue weighted by molar-refractivity contribution is 7.89. The summed E-state index contributed by atoms with van der Waals surface area (Å²) in [5, 5.41) is 0. The van der Waals surface area contributed by atoms with Gasteiger partial charge in [0.25, 0.3) is 0 Å². The molecule has 0 saturated heterocycles. The fourth-order valence-corrected chi connectivity index (χ4v) is 3.17. The molecule has 24 heavy (non-hydrogen) atoms. The summed E-state index contributed by atoms with van der Waals surface area (Å²) in [5.74, 6) is -2.45. The van der Waals surface area contributed by atoms with E-state index in [-0.39, 0.29) is 13.0 Å². The van der Waals surface area contributed by atoms with Crippen molar-refractivity contribution in [2.24, 2.45) is 0 Å². The van der Waals surface area contributed by atoms with Crippen molar-refractivity contribution >= 4 is 10.0 Å². The van der Waals surface area contributed by atoms with Crippen LogP contribution in [0.5, 0.6) is 0 Å². The number of halogens is 5. The van der Waals surface area contributed by atoms with Gasteiger partial charge in [-0.05, 0) is 36.2 Å². The largest absolute Gasteiger partial charge is 0.416 e. The Morgan fingerprint density at radius 2 is 1.46 bits per heavy atom. The lowest BCUT2D eigenvalue weighted by Crippen LogP contribution is -2.27. The van der Waals surface area contributed by atoms with Gasteiger partial charge in [0.2, 0.25) is 10.0 Å². The van der Waals surface area contributed by atoms with E-state index < -0.39 is 38.3 Å². The van der Waals surface area contributed by atoms with E-state index in [9.17, 15) is 30.4 Å². The van der Waals surface area contributed by atoms with Gasteiger partial charge in [-0.3, -0.25) is 0 Å². The molecule has 2 aromatic rings. The van der Waals surface area contributed by atoms with Gasteiger partial charge in [0.05, 0.1) is 5.56 Å². The second-order valence-corrected chi connectivity index (χ2v) is 6.60. The summed E-state index contributed by atoms with van der Waals surface area (Å²) in [4.78, 5) is -1.09. The summed E-state index contributed by atoms with van der Waals surface area (Å²) in [6.45, 7) is -0.221. The van der Waals surface area contributed by atoms with Gasteiger partial charge >= 0.3 is 6.18 Å². The van der Waals surface area contributed by atoms with Crippen LogP contribution in [0.25, 0.3) is 0 Å². The van der Waals surface area contributed by atoms with Crippen molar-refractivity contribution in [2.75, 3.05) is 6.54 Å². The second-order valence-electron chi connectivity index (χ2n) is 4.89. The molecule has 2 aromatic carbocycles. The normalized spacial score (nSPS) is 12.4. The third kappa shape index (κ3) is 4.30. The zero-order valence-electron chi connectivity index (χ0n) is 12.1. The Bertz CT molecular complexity index is 796. The zero-order valence-corrected chi connectivity index (χ0v) is 12.9. The predicted molar refractivity (Wildman–Crippen MR) is 76.7 cm³/mol. The summed E-state index contributed by atoms with van der Waals surface area (Å²) < 4.78 is 90.1. The van der Waals surface area contributed by atoms with Gasteiger partial charge in [-0.2, -0.15) is 13.2 Å². The fraction of sp³-hybridized carbons (Fsp3) is 0.200. The molecule has 0 aliphatic rings. The van der Waals surface area contributed by atoms with Crippen LogP contribution >= 0.6 is 0 Å². The molecule has 0 aliphatic heterocycles. The molecule has 2 rings (SSSR count). The molecule has 0 amide bonds. The lowest BCUT2D eigenvalue weighted by molar-refractivity contribution is -0.137. The lowest BCUT2D eigenvalue weighted by Gasteiger charge is -2.10. The molecule has 3 nitrogen and oxygen atoms in total. The number of benzene rings is 2. The van der Waals surface area contributed by atoms with E-state index in [1.54, 1.807) is 0 Å². The van der Waals surface area contributed by atoms with Gasteiger partial charge in [-0.15, -0.1) is 0 Å². The first-order valence-electron chi connectivity index (χ1n) is 6.71. The minimum atomic E-state index is -4.46. The first-order chi connectivity index (χ1) is 11.1. The summed E-state index contributed by atoms with van der Waals surface area (Å²) in [6.07, 6.45) is -4.39. The van der Waals surface area contributed by atoms with Crippen molar-refractivity contribution in [1.29, 1.82) is 0 Å². The van der Waals surface area contributed by atoms with Gasteiger partial charge in [0, 0.05) is 6.54 Å². The van der Waals surface area contributed by atoms with Crippen LogP contribution in [0.1, 0.15) is 11.1 Å². The van der Waals surface area contributed by atoms with Crippen LogP contribution in [0.4, 0.5) is 22.0 Å². The Morgan fingerprint density at radius 3 is 1.96 bits per heavy atom. The third-order valence-electron chi connectivity index (χ3n) is 3.17. The molecular formula is C15H12F5NO2S. The Balaban J connectivity index is 2.03. The molecular weight excluding hydrogens is 353 g/mol. The van der Waals surface area contributed by atoms with Crippen molar-refractivity contribution in [3.05, 3.63) is 65.2 Å². The maximum absolute atomic E-state index is 13.5. The van der Waals surface area contributed by atoms with Crippen LogP contribution in [0.3, 0.4) is 0 Å². The van der Waals surface area contributed by atoms with Crippen LogP contribution in [-0.4, -0.2) is 15.0 Å².